The summed E-state index contributed by atoms with van der Waals surface area (Å²) in [6.45, 7) is 1.30. The summed E-state index contributed by atoms with van der Waals surface area (Å²) in [6, 6.07) is 4.91. The van der Waals surface area contributed by atoms with Gasteiger partial charge in [0.15, 0.2) is 0 Å². The number of amides is 3. The molecule has 10 heteroatoms. The van der Waals surface area contributed by atoms with Gasteiger partial charge in [-0.25, -0.2) is 13.6 Å². The molecule has 0 spiro atoms. The van der Waals surface area contributed by atoms with Crippen molar-refractivity contribution in [2.24, 2.45) is 0 Å². The molecule has 0 fully saturated rings. The number of hydrogen-bond acceptors (Lipinski definition) is 2. The summed E-state index contributed by atoms with van der Waals surface area (Å²) in [5.41, 5.74) is -2.60. The van der Waals surface area contributed by atoms with Gasteiger partial charge < -0.3 is 16.0 Å². The third kappa shape index (κ3) is 4.05. The summed E-state index contributed by atoms with van der Waals surface area (Å²) >= 11 is 0. The van der Waals surface area contributed by atoms with Gasteiger partial charge in [-0.2, -0.15) is 13.2 Å². The molecule has 0 saturated heterocycles. The molecule has 2 aromatic rings. The van der Waals surface area contributed by atoms with Crippen LogP contribution in [0.5, 0.6) is 0 Å². The zero-order valence-electron chi connectivity index (χ0n) is 14.8. The van der Waals surface area contributed by atoms with Crippen molar-refractivity contribution in [1.82, 2.24) is 10.6 Å². The van der Waals surface area contributed by atoms with Gasteiger partial charge in [0.05, 0.1) is 28.4 Å². The van der Waals surface area contributed by atoms with Gasteiger partial charge in [-0.3, -0.25) is 4.79 Å². The number of allylic oxidation sites excluding steroid dienone is 1. The monoisotopic (exact) mass is 411 g/mol. The van der Waals surface area contributed by atoms with E-state index in [9.17, 15) is 31.5 Å². The van der Waals surface area contributed by atoms with Crippen molar-refractivity contribution in [3.63, 3.8) is 0 Å². The standard InChI is InChI=1S/C19H14F5N3O2/c1-9-14(17(28)26-13-8-3-2-5-10(13)19(22,23)24)16(27-18(29)25-9)15-11(20)6-4-7-12(15)21/h2-8,16H,1H3,(H,26,28)(H2,25,27,29)/t16-/m1/s1. The van der Waals surface area contributed by atoms with Crippen LogP contribution in [0.4, 0.5) is 32.4 Å². The van der Waals surface area contributed by atoms with Crippen LogP contribution in [0.2, 0.25) is 0 Å². The van der Waals surface area contributed by atoms with Crippen LogP contribution in [-0.4, -0.2) is 11.9 Å². The third-order valence-electron chi connectivity index (χ3n) is 4.28. The largest absolute Gasteiger partial charge is 0.418 e. The number of hydrogen-bond donors (Lipinski definition) is 3. The quantitative estimate of drug-likeness (QED) is 0.661. The van der Waals surface area contributed by atoms with Gasteiger partial charge in [0, 0.05) is 5.70 Å². The molecule has 3 amide bonds. The van der Waals surface area contributed by atoms with E-state index in [0.717, 1.165) is 36.4 Å². The Balaban J connectivity index is 2.04. The van der Waals surface area contributed by atoms with Crippen molar-refractivity contribution in [2.75, 3.05) is 5.32 Å². The highest BCUT2D eigenvalue weighted by Crippen LogP contribution is 2.36. The van der Waals surface area contributed by atoms with Crippen LogP contribution in [0.1, 0.15) is 24.1 Å². The van der Waals surface area contributed by atoms with Crippen LogP contribution >= 0.6 is 0 Å². The Morgan fingerprint density at radius 1 is 1.03 bits per heavy atom. The normalized spacial score (nSPS) is 16.9. The topological polar surface area (TPSA) is 70.2 Å². The third-order valence-corrected chi connectivity index (χ3v) is 4.28. The lowest BCUT2D eigenvalue weighted by atomic mass is 9.93. The highest BCUT2D eigenvalue weighted by atomic mass is 19.4. The SMILES string of the molecule is CC1=C(C(=O)Nc2ccccc2C(F)(F)F)[C@H](c2c(F)cccc2F)NC(=O)N1. The Morgan fingerprint density at radius 3 is 2.28 bits per heavy atom. The van der Waals surface area contributed by atoms with E-state index in [2.05, 4.69) is 16.0 Å². The summed E-state index contributed by atoms with van der Waals surface area (Å²) < 4.78 is 68.1. The van der Waals surface area contributed by atoms with Gasteiger partial charge in [-0.1, -0.05) is 18.2 Å². The number of para-hydroxylation sites is 1. The van der Waals surface area contributed by atoms with Gasteiger partial charge in [0.1, 0.15) is 11.6 Å². The molecule has 152 valence electrons. The van der Waals surface area contributed by atoms with Gasteiger partial charge in [-0.05, 0) is 31.2 Å². The van der Waals surface area contributed by atoms with Crippen LogP contribution < -0.4 is 16.0 Å². The second kappa shape index (κ2) is 7.53. The molecule has 5 nitrogen and oxygen atoms in total. The summed E-state index contributed by atoms with van der Waals surface area (Å²) in [5, 5.41) is 6.63. The maximum atomic E-state index is 14.3. The molecule has 3 rings (SSSR count). The molecule has 0 saturated carbocycles. The van der Waals surface area contributed by atoms with E-state index in [0.29, 0.717) is 0 Å². The van der Waals surface area contributed by atoms with Crippen LogP contribution in [0, 0.1) is 11.6 Å². The Labute approximate surface area is 161 Å². The molecular weight excluding hydrogens is 397 g/mol. The van der Waals surface area contributed by atoms with Gasteiger partial charge in [0.2, 0.25) is 0 Å². The molecule has 0 aliphatic carbocycles. The molecule has 3 N–H and O–H groups in total. The first-order chi connectivity index (χ1) is 13.6. The molecule has 0 unspecified atom stereocenters. The molecule has 1 atom stereocenters. The number of carbonyl (C=O) groups excluding carboxylic acids is 2. The number of rotatable bonds is 3. The summed E-state index contributed by atoms with van der Waals surface area (Å²) in [5.74, 6) is -3.10. The minimum Gasteiger partial charge on any atom is -0.326 e. The fourth-order valence-electron chi connectivity index (χ4n) is 3.03. The zero-order chi connectivity index (χ0) is 21.3. The van der Waals surface area contributed by atoms with Crippen molar-refractivity contribution in [3.8, 4) is 0 Å². The fourth-order valence-corrected chi connectivity index (χ4v) is 3.03. The maximum absolute atomic E-state index is 14.3. The van der Waals surface area contributed by atoms with Gasteiger partial charge in [0.25, 0.3) is 5.91 Å². The van der Waals surface area contributed by atoms with Crippen molar-refractivity contribution < 1.29 is 31.5 Å². The summed E-state index contributed by atoms with van der Waals surface area (Å²) in [7, 11) is 0. The first-order valence-corrected chi connectivity index (χ1v) is 8.29. The second-order valence-electron chi connectivity index (χ2n) is 6.20. The average Bonchev–Trinajstić information content (AvgIpc) is 2.60. The van der Waals surface area contributed by atoms with Gasteiger partial charge >= 0.3 is 12.2 Å². The van der Waals surface area contributed by atoms with Crippen LogP contribution in [0.15, 0.2) is 53.7 Å². The van der Waals surface area contributed by atoms with E-state index >= 15 is 0 Å². The predicted octanol–water partition coefficient (Wildman–Crippen LogP) is 4.25. The van der Waals surface area contributed by atoms with Crippen molar-refractivity contribution in [1.29, 1.82) is 0 Å². The molecular formula is C19H14F5N3O2. The lowest BCUT2D eigenvalue weighted by Gasteiger charge is -2.29. The molecule has 29 heavy (non-hydrogen) atoms. The van der Waals surface area contributed by atoms with Crippen LogP contribution in [0.3, 0.4) is 0 Å². The lowest BCUT2D eigenvalue weighted by molar-refractivity contribution is -0.137. The molecule has 0 radical (unpaired) electrons. The average molecular weight is 411 g/mol. The number of benzene rings is 2. The minimum absolute atomic E-state index is 0.0524. The number of anilines is 1. The number of carbonyl (C=O) groups is 2. The molecule has 2 aromatic carbocycles. The number of nitrogens with one attached hydrogen (secondary N) is 3. The fraction of sp³-hybridized carbons (Fsp3) is 0.158. The molecule has 1 aliphatic heterocycles. The van der Waals surface area contributed by atoms with Crippen LogP contribution in [-0.2, 0) is 11.0 Å². The van der Waals surface area contributed by atoms with E-state index in [1.165, 1.54) is 13.0 Å². The van der Waals surface area contributed by atoms with E-state index < -0.39 is 52.6 Å². The molecule has 1 heterocycles. The van der Waals surface area contributed by atoms with E-state index in [1.807, 2.05) is 0 Å². The summed E-state index contributed by atoms with van der Waals surface area (Å²) in [6.07, 6.45) is -4.73. The molecule has 1 aliphatic rings. The van der Waals surface area contributed by atoms with Crippen molar-refractivity contribution >= 4 is 17.6 Å². The Morgan fingerprint density at radius 2 is 1.66 bits per heavy atom. The number of halogens is 5. The predicted molar refractivity (Wildman–Crippen MR) is 93.5 cm³/mol. The second-order valence-corrected chi connectivity index (χ2v) is 6.20. The maximum Gasteiger partial charge on any atom is 0.418 e. The first-order valence-electron chi connectivity index (χ1n) is 8.29. The Kier molecular flexibility index (Phi) is 5.27. The number of urea groups is 1. The number of alkyl halides is 3. The molecule has 0 bridgehead atoms. The first kappa shape index (κ1) is 20.3. The molecule has 0 aromatic heterocycles. The van der Waals surface area contributed by atoms with E-state index in [1.54, 1.807) is 0 Å². The van der Waals surface area contributed by atoms with Crippen LogP contribution in [0.25, 0.3) is 0 Å². The highest BCUT2D eigenvalue weighted by molar-refractivity contribution is 6.07. The van der Waals surface area contributed by atoms with E-state index in [-0.39, 0.29) is 11.3 Å². The Bertz CT molecular complexity index is 997. The Hall–Kier alpha value is -3.43. The summed E-state index contributed by atoms with van der Waals surface area (Å²) in [4.78, 5) is 24.6. The lowest BCUT2D eigenvalue weighted by Crippen LogP contribution is -2.46. The van der Waals surface area contributed by atoms with E-state index in [4.69, 9.17) is 0 Å². The van der Waals surface area contributed by atoms with Crippen molar-refractivity contribution in [2.45, 2.75) is 19.1 Å². The minimum atomic E-state index is -4.73. The highest BCUT2D eigenvalue weighted by Gasteiger charge is 2.37. The van der Waals surface area contributed by atoms with Gasteiger partial charge in [-0.15, -0.1) is 0 Å². The van der Waals surface area contributed by atoms with Crippen molar-refractivity contribution in [3.05, 3.63) is 76.5 Å². The zero-order valence-corrected chi connectivity index (χ0v) is 14.8. The smallest absolute Gasteiger partial charge is 0.326 e.